The van der Waals surface area contributed by atoms with E-state index in [2.05, 4.69) is 5.32 Å². The molecule has 0 heterocycles. The largest absolute Gasteiger partial charge is 0.333 e. The second-order valence-electron chi connectivity index (χ2n) is 4.26. The topological polar surface area (TPSA) is 118 Å². The maximum absolute atomic E-state index is 12.1. The lowest BCUT2D eigenvalue weighted by Crippen LogP contribution is -2.34. The van der Waals surface area contributed by atoms with Crippen molar-refractivity contribution in [3.8, 4) is 0 Å². The first kappa shape index (κ1) is 16.7. The molecule has 2 N–H and O–H groups in total. The quantitative estimate of drug-likeness (QED) is 0.645. The Bertz CT molecular complexity index is 869. The number of nitrogens with zero attached hydrogens (tertiary/aromatic N) is 1. The summed E-state index contributed by atoms with van der Waals surface area (Å²) in [5.41, 5.74) is -0.498. The molecule has 8 nitrogen and oxygen atoms in total. The normalized spacial score (nSPS) is 10.8. The summed E-state index contributed by atoms with van der Waals surface area (Å²) in [7, 11) is -4.21. The van der Waals surface area contributed by atoms with Gasteiger partial charge in [-0.3, -0.25) is 10.1 Å². The molecule has 10 heteroatoms. The molecular weight excluding hydrogens is 346 g/mol. The number of benzene rings is 2. The average Bonchev–Trinajstić information content (AvgIpc) is 2.47. The standard InChI is InChI=1S/C13H10ClN3O5S/c14-9-5-1-4-8-12(9)23(21,22)16-13(18)15-10-6-2-3-7-11(10)17(19)20/h1-8H,(H2,15,16,18). The fraction of sp³-hybridized carbons (Fsp3) is 0. The third-order valence-electron chi connectivity index (χ3n) is 2.70. The molecule has 0 bridgehead atoms. The molecule has 0 atom stereocenters. The monoisotopic (exact) mass is 355 g/mol. The van der Waals surface area contributed by atoms with Gasteiger partial charge in [-0.2, -0.15) is 0 Å². The van der Waals surface area contributed by atoms with Crippen LogP contribution in [0.15, 0.2) is 53.4 Å². The van der Waals surface area contributed by atoms with Crippen molar-refractivity contribution in [3.05, 3.63) is 63.7 Å². The minimum absolute atomic E-state index is 0.0570. The van der Waals surface area contributed by atoms with Crippen LogP contribution in [0, 0.1) is 10.1 Å². The number of carbonyl (C=O) groups excluding carboxylic acids is 1. The predicted molar refractivity (Wildman–Crippen MR) is 83.9 cm³/mol. The second-order valence-corrected chi connectivity index (χ2v) is 6.32. The number of amides is 2. The van der Waals surface area contributed by atoms with E-state index in [1.54, 1.807) is 4.72 Å². The van der Waals surface area contributed by atoms with Gasteiger partial charge in [-0.05, 0) is 18.2 Å². The maximum atomic E-state index is 12.1. The van der Waals surface area contributed by atoms with Gasteiger partial charge in [-0.15, -0.1) is 0 Å². The minimum Gasteiger partial charge on any atom is -0.301 e. The molecule has 0 radical (unpaired) electrons. The molecule has 0 aliphatic carbocycles. The Kier molecular flexibility index (Phi) is 4.82. The van der Waals surface area contributed by atoms with Crippen molar-refractivity contribution in [1.29, 1.82) is 0 Å². The van der Waals surface area contributed by atoms with Crippen molar-refractivity contribution in [3.63, 3.8) is 0 Å². The summed E-state index contributed by atoms with van der Waals surface area (Å²) in [6.45, 7) is 0. The van der Waals surface area contributed by atoms with E-state index in [9.17, 15) is 23.3 Å². The SMILES string of the molecule is O=C(Nc1ccccc1[N+](=O)[O-])NS(=O)(=O)c1ccccc1Cl. The van der Waals surface area contributed by atoms with Crippen molar-refractivity contribution in [2.75, 3.05) is 5.32 Å². The fourth-order valence-electron chi connectivity index (χ4n) is 1.73. The molecule has 0 saturated heterocycles. The molecule has 2 aromatic rings. The predicted octanol–water partition coefficient (Wildman–Crippen LogP) is 2.76. The maximum Gasteiger partial charge on any atom is 0.333 e. The molecule has 0 aliphatic rings. The average molecular weight is 356 g/mol. The smallest absolute Gasteiger partial charge is 0.301 e. The molecule has 0 unspecified atom stereocenters. The number of rotatable bonds is 4. The zero-order valence-electron chi connectivity index (χ0n) is 11.4. The molecule has 0 saturated carbocycles. The van der Waals surface area contributed by atoms with Crippen LogP contribution in [0.1, 0.15) is 0 Å². The van der Waals surface area contributed by atoms with Gasteiger partial charge in [0, 0.05) is 6.07 Å². The van der Waals surface area contributed by atoms with Crippen molar-refractivity contribution < 1.29 is 18.1 Å². The molecule has 120 valence electrons. The van der Waals surface area contributed by atoms with E-state index in [1.165, 1.54) is 48.5 Å². The lowest BCUT2D eigenvalue weighted by atomic mass is 10.3. The van der Waals surface area contributed by atoms with Gasteiger partial charge in [0.25, 0.3) is 15.7 Å². The molecule has 2 amide bonds. The van der Waals surface area contributed by atoms with Crippen LogP contribution in [0.2, 0.25) is 5.02 Å². The highest BCUT2D eigenvalue weighted by Gasteiger charge is 2.22. The molecule has 0 spiro atoms. The number of urea groups is 1. The Balaban J connectivity index is 2.21. The number of nitrogens with one attached hydrogen (secondary N) is 2. The number of hydrogen-bond donors (Lipinski definition) is 2. The van der Waals surface area contributed by atoms with Crippen molar-refractivity contribution >= 4 is 39.0 Å². The zero-order valence-corrected chi connectivity index (χ0v) is 13.0. The van der Waals surface area contributed by atoms with E-state index in [0.29, 0.717) is 0 Å². The van der Waals surface area contributed by atoms with Gasteiger partial charge in [0.05, 0.1) is 9.95 Å². The Labute approximate surface area is 136 Å². The summed E-state index contributed by atoms with van der Waals surface area (Å²) >= 11 is 5.78. The molecular formula is C13H10ClN3O5S. The number of sulfonamides is 1. The van der Waals surface area contributed by atoms with Crippen LogP contribution in [0.3, 0.4) is 0 Å². The first-order chi connectivity index (χ1) is 10.8. The summed E-state index contributed by atoms with van der Waals surface area (Å²) in [6.07, 6.45) is 0. The number of nitro benzene ring substituents is 1. The van der Waals surface area contributed by atoms with Crippen LogP contribution in [0.25, 0.3) is 0 Å². The highest BCUT2D eigenvalue weighted by Crippen LogP contribution is 2.24. The summed E-state index contributed by atoms with van der Waals surface area (Å²) in [5, 5.41) is 12.9. The van der Waals surface area contributed by atoms with E-state index in [0.717, 1.165) is 0 Å². The lowest BCUT2D eigenvalue weighted by molar-refractivity contribution is -0.383. The van der Waals surface area contributed by atoms with Gasteiger partial charge >= 0.3 is 6.03 Å². The Morgan fingerprint density at radius 3 is 2.35 bits per heavy atom. The van der Waals surface area contributed by atoms with Crippen molar-refractivity contribution in [1.82, 2.24) is 4.72 Å². The number of halogens is 1. The second kappa shape index (κ2) is 6.63. The van der Waals surface area contributed by atoms with Crippen LogP contribution in [0.5, 0.6) is 0 Å². The molecule has 23 heavy (non-hydrogen) atoms. The third kappa shape index (κ3) is 3.96. The minimum atomic E-state index is -4.21. The van der Waals surface area contributed by atoms with Crippen LogP contribution >= 0.6 is 11.6 Å². The van der Waals surface area contributed by atoms with Gasteiger partial charge in [0.15, 0.2) is 0 Å². The first-order valence-electron chi connectivity index (χ1n) is 6.13. The summed E-state index contributed by atoms with van der Waals surface area (Å²) in [6, 6.07) is 9.76. The Morgan fingerprint density at radius 1 is 1.09 bits per heavy atom. The molecule has 0 aliphatic heterocycles. The highest BCUT2D eigenvalue weighted by atomic mass is 35.5. The third-order valence-corrected chi connectivity index (χ3v) is 4.53. The number of para-hydroxylation sites is 2. The van der Waals surface area contributed by atoms with E-state index in [-0.39, 0.29) is 21.3 Å². The molecule has 2 aromatic carbocycles. The van der Waals surface area contributed by atoms with Crippen molar-refractivity contribution in [2.24, 2.45) is 0 Å². The van der Waals surface area contributed by atoms with Crippen LogP contribution in [-0.4, -0.2) is 19.4 Å². The summed E-state index contributed by atoms with van der Waals surface area (Å²) < 4.78 is 25.9. The summed E-state index contributed by atoms with van der Waals surface area (Å²) in [5.74, 6) is 0. The number of nitro groups is 1. The van der Waals surface area contributed by atoms with Crippen LogP contribution in [0.4, 0.5) is 16.2 Å². The van der Waals surface area contributed by atoms with Gasteiger partial charge in [0.2, 0.25) is 0 Å². The molecule has 2 rings (SSSR count). The lowest BCUT2D eigenvalue weighted by Gasteiger charge is -2.09. The Hall–Kier alpha value is -2.65. The zero-order chi connectivity index (χ0) is 17.0. The van der Waals surface area contributed by atoms with Crippen molar-refractivity contribution in [2.45, 2.75) is 4.90 Å². The fourth-order valence-corrected chi connectivity index (χ4v) is 3.15. The first-order valence-corrected chi connectivity index (χ1v) is 7.99. The van der Waals surface area contributed by atoms with Crippen LogP contribution < -0.4 is 10.0 Å². The number of hydrogen-bond acceptors (Lipinski definition) is 5. The van der Waals surface area contributed by atoms with Gasteiger partial charge in [-0.25, -0.2) is 17.9 Å². The number of carbonyl (C=O) groups is 1. The van der Waals surface area contributed by atoms with E-state index >= 15 is 0 Å². The Morgan fingerprint density at radius 2 is 1.70 bits per heavy atom. The highest BCUT2D eigenvalue weighted by molar-refractivity contribution is 7.90. The van der Waals surface area contributed by atoms with Gasteiger partial charge in [0.1, 0.15) is 10.6 Å². The number of anilines is 1. The molecule has 0 aromatic heterocycles. The van der Waals surface area contributed by atoms with E-state index < -0.39 is 21.0 Å². The van der Waals surface area contributed by atoms with Gasteiger partial charge < -0.3 is 5.32 Å². The van der Waals surface area contributed by atoms with Crippen LogP contribution in [-0.2, 0) is 10.0 Å². The summed E-state index contributed by atoms with van der Waals surface area (Å²) in [4.78, 5) is 21.7. The van der Waals surface area contributed by atoms with E-state index in [1.807, 2.05) is 0 Å². The molecule has 0 fully saturated rings. The van der Waals surface area contributed by atoms with Gasteiger partial charge in [-0.1, -0.05) is 35.9 Å². The van der Waals surface area contributed by atoms with E-state index in [4.69, 9.17) is 11.6 Å².